The van der Waals surface area contributed by atoms with Crippen LogP contribution in [0.2, 0.25) is 0 Å². The van der Waals surface area contributed by atoms with Crippen LogP contribution in [-0.2, 0) is 6.54 Å². The lowest BCUT2D eigenvalue weighted by molar-refractivity contribution is 0.281. The predicted molar refractivity (Wildman–Crippen MR) is 76.1 cm³/mol. The molecule has 3 rings (SSSR count). The van der Waals surface area contributed by atoms with Gasteiger partial charge < -0.3 is 18.9 Å². The molecule has 1 aromatic heterocycles. The van der Waals surface area contributed by atoms with Gasteiger partial charge in [0.15, 0.2) is 5.75 Å². The molecule has 0 bridgehead atoms. The highest BCUT2D eigenvalue weighted by Gasteiger charge is 2.21. The molecule has 0 saturated carbocycles. The first-order valence-corrected chi connectivity index (χ1v) is 6.79. The Bertz CT molecular complexity index is 575. The van der Waals surface area contributed by atoms with Gasteiger partial charge in [0.1, 0.15) is 0 Å². The highest BCUT2D eigenvalue weighted by atomic mass is 16.5. The number of hydrogen-bond donors (Lipinski definition) is 0. The van der Waals surface area contributed by atoms with E-state index in [-0.39, 0.29) is 0 Å². The Morgan fingerprint density at radius 3 is 2.79 bits per heavy atom. The van der Waals surface area contributed by atoms with Crippen LogP contribution in [0.4, 0.5) is 0 Å². The van der Waals surface area contributed by atoms with Gasteiger partial charge in [0, 0.05) is 24.9 Å². The molecule has 4 heteroatoms. The van der Waals surface area contributed by atoms with Crippen molar-refractivity contribution in [2.45, 2.75) is 13.0 Å². The molecule has 0 N–H and O–H groups in total. The van der Waals surface area contributed by atoms with E-state index in [1.54, 1.807) is 0 Å². The molecule has 1 aromatic carbocycles. The first-order chi connectivity index (χ1) is 9.27. The Morgan fingerprint density at radius 1 is 1.16 bits per heavy atom. The highest BCUT2D eigenvalue weighted by Crippen LogP contribution is 2.40. The summed E-state index contributed by atoms with van der Waals surface area (Å²) in [5, 5.41) is 1.15. The van der Waals surface area contributed by atoms with E-state index in [1.807, 2.05) is 6.07 Å². The monoisotopic (exact) mass is 260 g/mol. The molecule has 0 saturated heterocycles. The Balaban J connectivity index is 2.09. The van der Waals surface area contributed by atoms with Crippen LogP contribution in [0.1, 0.15) is 6.42 Å². The second-order valence-corrected chi connectivity index (χ2v) is 5.16. The number of fused-ring (bicyclic) bond motifs is 3. The van der Waals surface area contributed by atoms with Crippen molar-refractivity contribution in [1.29, 1.82) is 0 Å². The van der Waals surface area contributed by atoms with E-state index in [2.05, 4.69) is 41.8 Å². The summed E-state index contributed by atoms with van der Waals surface area (Å²) >= 11 is 0. The maximum atomic E-state index is 5.92. The standard InChI is InChI=1S/C15H20N2O2/c1-16(2)8-9-17-13-7-4-3-6-12(13)14-15(17)19-11-5-10-18-14/h3-4,6-7H,5,8-11H2,1-2H3. The summed E-state index contributed by atoms with van der Waals surface area (Å²) in [5.74, 6) is 1.80. The van der Waals surface area contributed by atoms with Crippen molar-refractivity contribution in [3.63, 3.8) is 0 Å². The Hall–Kier alpha value is -1.68. The number of aromatic nitrogens is 1. The van der Waals surface area contributed by atoms with Gasteiger partial charge in [-0.2, -0.15) is 0 Å². The SMILES string of the molecule is CN(C)CCn1c2c(c3ccccc31)OCCCO2. The van der Waals surface area contributed by atoms with Crippen LogP contribution in [0.5, 0.6) is 11.6 Å². The van der Waals surface area contributed by atoms with E-state index < -0.39 is 0 Å². The number of hydrogen-bond acceptors (Lipinski definition) is 3. The van der Waals surface area contributed by atoms with Crippen LogP contribution in [0.25, 0.3) is 10.9 Å². The fraction of sp³-hybridized carbons (Fsp3) is 0.467. The Labute approximate surface area is 113 Å². The molecule has 1 aliphatic heterocycles. The molecule has 0 atom stereocenters. The average molecular weight is 260 g/mol. The molecular formula is C15H20N2O2. The quantitative estimate of drug-likeness (QED) is 0.847. The highest BCUT2D eigenvalue weighted by molar-refractivity contribution is 5.90. The van der Waals surface area contributed by atoms with Crippen molar-refractivity contribution < 1.29 is 9.47 Å². The Kier molecular flexibility index (Phi) is 3.34. The summed E-state index contributed by atoms with van der Waals surface area (Å²) in [4.78, 5) is 2.18. The first kappa shape index (κ1) is 12.4. The summed E-state index contributed by atoms with van der Waals surface area (Å²) in [6.07, 6.45) is 0.941. The van der Waals surface area contributed by atoms with E-state index in [0.29, 0.717) is 0 Å². The third-order valence-electron chi connectivity index (χ3n) is 3.42. The minimum Gasteiger partial charge on any atom is -0.487 e. The van der Waals surface area contributed by atoms with Gasteiger partial charge in [0.25, 0.3) is 0 Å². The normalized spacial score (nSPS) is 14.9. The van der Waals surface area contributed by atoms with Gasteiger partial charge in [-0.25, -0.2) is 0 Å². The van der Waals surface area contributed by atoms with Crippen molar-refractivity contribution in [2.75, 3.05) is 33.9 Å². The first-order valence-electron chi connectivity index (χ1n) is 6.79. The molecule has 0 spiro atoms. The van der Waals surface area contributed by atoms with E-state index >= 15 is 0 Å². The van der Waals surface area contributed by atoms with E-state index in [9.17, 15) is 0 Å². The minimum absolute atomic E-state index is 0.727. The van der Waals surface area contributed by atoms with Gasteiger partial charge in [-0.3, -0.25) is 0 Å². The molecule has 1 aliphatic rings. The molecule has 0 unspecified atom stereocenters. The summed E-state index contributed by atoms with van der Waals surface area (Å²) in [6.45, 7) is 3.35. The van der Waals surface area contributed by atoms with E-state index in [4.69, 9.17) is 9.47 Å². The van der Waals surface area contributed by atoms with Crippen LogP contribution in [0.15, 0.2) is 24.3 Å². The smallest absolute Gasteiger partial charge is 0.238 e. The molecule has 19 heavy (non-hydrogen) atoms. The zero-order chi connectivity index (χ0) is 13.2. The molecule has 4 nitrogen and oxygen atoms in total. The van der Waals surface area contributed by atoms with Crippen LogP contribution in [-0.4, -0.2) is 43.3 Å². The van der Waals surface area contributed by atoms with Gasteiger partial charge >= 0.3 is 0 Å². The van der Waals surface area contributed by atoms with Crippen LogP contribution in [0, 0.1) is 0 Å². The maximum Gasteiger partial charge on any atom is 0.238 e. The third-order valence-corrected chi connectivity index (χ3v) is 3.42. The van der Waals surface area contributed by atoms with E-state index in [1.165, 1.54) is 5.52 Å². The van der Waals surface area contributed by atoms with E-state index in [0.717, 1.165) is 49.7 Å². The molecule has 2 heterocycles. The number of ether oxygens (including phenoxy) is 2. The summed E-state index contributed by atoms with van der Waals surface area (Å²) in [6, 6.07) is 8.35. The van der Waals surface area contributed by atoms with Gasteiger partial charge in [-0.15, -0.1) is 0 Å². The zero-order valence-corrected chi connectivity index (χ0v) is 11.6. The van der Waals surface area contributed by atoms with Gasteiger partial charge in [-0.1, -0.05) is 12.1 Å². The fourth-order valence-electron chi connectivity index (χ4n) is 2.46. The molecule has 102 valence electrons. The molecule has 2 aromatic rings. The topological polar surface area (TPSA) is 26.6 Å². The fourth-order valence-corrected chi connectivity index (χ4v) is 2.46. The van der Waals surface area contributed by atoms with Gasteiger partial charge in [-0.05, 0) is 26.2 Å². The number of para-hydroxylation sites is 1. The van der Waals surface area contributed by atoms with Crippen LogP contribution < -0.4 is 9.47 Å². The van der Waals surface area contributed by atoms with Crippen molar-refractivity contribution >= 4 is 10.9 Å². The molecule has 0 fully saturated rings. The Morgan fingerprint density at radius 2 is 1.95 bits per heavy atom. The maximum absolute atomic E-state index is 5.92. The summed E-state index contributed by atoms with van der Waals surface area (Å²) in [5.41, 5.74) is 1.19. The number of nitrogens with zero attached hydrogens (tertiary/aromatic N) is 2. The van der Waals surface area contributed by atoms with Crippen molar-refractivity contribution in [3.05, 3.63) is 24.3 Å². The lowest BCUT2D eigenvalue weighted by Crippen LogP contribution is -2.18. The van der Waals surface area contributed by atoms with Gasteiger partial charge in [0.05, 0.1) is 18.7 Å². The lowest BCUT2D eigenvalue weighted by Gasteiger charge is -2.14. The van der Waals surface area contributed by atoms with Crippen molar-refractivity contribution in [2.24, 2.45) is 0 Å². The number of benzene rings is 1. The lowest BCUT2D eigenvalue weighted by atomic mass is 10.2. The molecule has 0 amide bonds. The average Bonchev–Trinajstić information content (AvgIpc) is 2.56. The molecule has 0 radical (unpaired) electrons. The minimum atomic E-state index is 0.727. The van der Waals surface area contributed by atoms with Crippen LogP contribution >= 0.6 is 0 Å². The molecule has 0 aliphatic carbocycles. The largest absolute Gasteiger partial charge is 0.487 e. The summed E-state index contributed by atoms with van der Waals surface area (Å²) < 4.78 is 14.0. The van der Waals surface area contributed by atoms with Gasteiger partial charge in [0.2, 0.25) is 5.88 Å². The number of rotatable bonds is 3. The zero-order valence-electron chi connectivity index (χ0n) is 11.6. The third kappa shape index (κ3) is 2.28. The molecular weight excluding hydrogens is 240 g/mol. The second kappa shape index (κ2) is 5.13. The summed E-state index contributed by atoms with van der Waals surface area (Å²) in [7, 11) is 4.17. The van der Waals surface area contributed by atoms with Crippen LogP contribution in [0.3, 0.4) is 0 Å². The predicted octanol–water partition coefficient (Wildman–Crippen LogP) is 2.36. The van der Waals surface area contributed by atoms with Crippen molar-refractivity contribution in [1.82, 2.24) is 9.47 Å². The van der Waals surface area contributed by atoms with Crippen molar-refractivity contribution in [3.8, 4) is 11.6 Å². The number of likely N-dealkylation sites (N-methyl/N-ethyl adjacent to an activating group) is 1. The second-order valence-electron chi connectivity index (χ2n) is 5.16.